The number of aromatic nitrogens is 6. The molecule has 2 aromatic heterocycles. The van der Waals surface area contributed by atoms with E-state index in [0.29, 0.717) is 16.6 Å². The van der Waals surface area contributed by atoms with Gasteiger partial charge in [0.05, 0.1) is 16.6 Å². The first-order valence-electron chi connectivity index (χ1n) is 9.43. The maximum Gasteiger partial charge on any atom is 0.242 e. The van der Waals surface area contributed by atoms with Gasteiger partial charge in [-0.25, -0.2) is 31.7 Å². The molecule has 16 heteroatoms. The zero-order valence-electron chi connectivity index (χ0n) is 17.1. The lowest BCUT2D eigenvalue weighted by molar-refractivity contribution is 0.557. The number of rotatable bonds is 7. The number of fused-ring (bicyclic) bond motifs is 1. The van der Waals surface area contributed by atoms with E-state index in [9.17, 15) is 16.8 Å². The second kappa shape index (κ2) is 8.16. The zero-order chi connectivity index (χ0) is 24.0. The van der Waals surface area contributed by atoms with E-state index < -0.39 is 35.9 Å². The maximum absolute atomic E-state index is 13.1. The summed E-state index contributed by atoms with van der Waals surface area (Å²) in [5.41, 5.74) is 12.8. The largest absolute Gasteiger partial charge is 0.369 e. The first-order valence-corrected chi connectivity index (χ1v) is 12.5. The van der Waals surface area contributed by atoms with Crippen LogP contribution in [0.1, 0.15) is 6.92 Å². The molecular weight excluding hydrogens is 472 g/mol. The van der Waals surface area contributed by atoms with Crippen molar-refractivity contribution >= 4 is 37.0 Å². The van der Waals surface area contributed by atoms with Crippen LogP contribution in [0.25, 0.3) is 33.5 Å². The summed E-state index contributed by atoms with van der Waals surface area (Å²) in [6, 6.07) is 6.98. The van der Waals surface area contributed by atoms with Crippen molar-refractivity contribution in [3.63, 3.8) is 0 Å². The van der Waals surface area contributed by atoms with Gasteiger partial charge >= 0.3 is 0 Å². The predicted octanol–water partition coefficient (Wildman–Crippen LogP) is -0.735. The monoisotopic (exact) mass is 492 g/mol. The number of nitrogens with two attached hydrogens (primary N) is 3. The Bertz CT molecular complexity index is 1550. The number of aromatic amines is 2. The summed E-state index contributed by atoms with van der Waals surface area (Å²) < 4.78 is 54.0. The van der Waals surface area contributed by atoms with Gasteiger partial charge in [-0.1, -0.05) is 18.2 Å². The van der Waals surface area contributed by atoms with Crippen molar-refractivity contribution in [2.45, 2.75) is 22.8 Å². The minimum Gasteiger partial charge on any atom is -0.369 e. The van der Waals surface area contributed by atoms with Crippen LogP contribution in [0.3, 0.4) is 0 Å². The number of hydrogen-bond acceptors (Lipinski definition) is 10. The summed E-state index contributed by atoms with van der Waals surface area (Å²) in [7, 11) is -8.97. The van der Waals surface area contributed by atoms with Crippen molar-refractivity contribution in [1.82, 2.24) is 35.3 Å². The molecule has 0 fully saturated rings. The molecule has 0 radical (unpaired) electrons. The fourth-order valence-corrected chi connectivity index (χ4v) is 6.27. The van der Waals surface area contributed by atoms with E-state index in [4.69, 9.17) is 16.6 Å². The molecule has 0 spiro atoms. The Balaban J connectivity index is 2.13. The number of tetrazole rings is 1. The summed E-state index contributed by atoms with van der Waals surface area (Å²) in [5.74, 6) is -0.0390. The highest BCUT2D eigenvalue weighted by Crippen LogP contribution is 2.40. The number of nitrogens with zero attached hydrogens (tertiary/aromatic N) is 4. The molecule has 0 aliphatic carbocycles. The van der Waals surface area contributed by atoms with Crippen LogP contribution >= 0.6 is 0 Å². The number of para-hydroxylation sites is 1. The summed E-state index contributed by atoms with van der Waals surface area (Å²) in [4.78, 5) is 5.87. The molecule has 1 atom stereocenters. The second-order valence-electron chi connectivity index (χ2n) is 7.18. The Morgan fingerprint density at radius 1 is 1.12 bits per heavy atom. The van der Waals surface area contributed by atoms with E-state index in [2.05, 4.69) is 35.3 Å². The molecule has 2 heterocycles. The summed E-state index contributed by atoms with van der Waals surface area (Å²) in [6.07, 6.45) is 0. The molecule has 33 heavy (non-hydrogen) atoms. The fourth-order valence-electron chi connectivity index (χ4n) is 3.42. The third-order valence-corrected chi connectivity index (χ3v) is 7.55. The molecule has 0 amide bonds. The Labute approximate surface area is 188 Å². The minimum atomic E-state index is -4.62. The van der Waals surface area contributed by atoms with Gasteiger partial charge < -0.3 is 16.5 Å². The van der Waals surface area contributed by atoms with Crippen LogP contribution < -0.4 is 21.3 Å². The average molecular weight is 493 g/mol. The SMILES string of the molecule is C[C@@H](CN)NS(=O)(=O)c1ccc(-c2cccc3[nH]c(N)nc23)c(-c2nn[nH]n2)c1S(N)(=O)=O. The normalized spacial score (nSPS) is 13.4. The van der Waals surface area contributed by atoms with Gasteiger partial charge in [-0.2, -0.15) is 5.21 Å². The van der Waals surface area contributed by atoms with E-state index in [1.165, 1.54) is 13.0 Å². The quantitative estimate of drug-likeness (QED) is 0.189. The molecule has 0 aliphatic rings. The maximum atomic E-state index is 13.1. The molecule has 0 saturated carbocycles. The molecule has 2 aromatic carbocycles. The molecule has 0 aliphatic heterocycles. The number of hydrogen-bond donors (Lipinski definition) is 6. The second-order valence-corrected chi connectivity index (χ2v) is 10.4. The van der Waals surface area contributed by atoms with Crippen LogP contribution in [0.4, 0.5) is 5.95 Å². The average Bonchev–Trinajstić information content (AvgIpc) is 3.40. The number of anilines is 1. The van der Waals surface area contributed by atoms with E-state index >= 15 is 0 Å². The molecule has 0 bridgehead atoms. The van der Waals surface area contributed by atoms with Crippen molar-refractivity contribution in [2.75, 3.05) is 12.3 Å². The summed E-state index contributed by atoms with van der Waals surface area (Å²) >= 11 is 0. The summed E-state index contributed by atoms with van der Waals surface area (Å²) in [6.45, 7) is 1.52. The molecule has 9 N–H and O–H groups in total. The molecule has 174 valence electrons. The highest BCUT2D eigenvalue weighted by molar-refractivity contribution is 7.92. The van der Waals surface area contributed by atoms with Gasteiger partial charge in [0.25, 0.3) is 0 Å². The van der Waals surface area contributed by atoms with Gasteiger partial charge in [0, 0.05) is 18.2 Å². The molecule has 14 nitrogen and oxygen atoms in total. The van der Waals surface area contributed by atoms with Crippen LogP contribution in [0.2, 0.25) is 0 Å². The van der Waals surface area contributed by atoms with Gasteiger partial charge in [-0.3, -0.25) is 0 Å². The third kappa shape index (κ3) is 4.16. The van der Waals surface area contributed by atoms with Gasteiger partial charge in [0.2, 0.25) is 25.9 Å². The smallest absolute Gasteiger partial charge is 0.242 e. The Morgan fingerprint density at radius 2 is 1.88 bits per heavy atom. The van der Waals surface area contributed by atoms with Crippen molar-refractivity contribution in [3.05, 3.63) is 30.3 Å². The van der Waals surface area contributed by atoms with Crippen LogP contribution in [-0.2, 0) is 20.0 Å². The number of imidazole rings is 1. The number of primary sulfonamides is 1. The molecular formula is C17H20N10O4S2. The lowest BCUT2D eigenvalue weighted by Crippen LogP contribution is -2.38. The highest BCUT2D eigenvalue weighted by Gasteiger charge is 2.33. The third-order valence-electron chi connectivity index (χ3n) is 4.80. The van der Waals surface area contributed by atoms with Crippen molar-refractivity contribution in [1.29, 1.82) is 0 Å². The predicted molar refractivity (Wildman–Crippen MR) is 119 cm³/mol. The zero-order valence-corrected chi connectivity index (χ0v) is 18.8. The standard InChI is InChI=1S/C17H20N10O4S2/c1-8(7-18)25-33(30,31)12-6-5-9(10-3-2-4-11-14(10)22-17(19)21-11)13(15(12)32(20,28)29)16-23-26-27-24-16/h2-6,8,25H,7,18H2,1H3,(H3,19,21,22)(H2,20,28,29)(H,23,24,26,27)/t8-/m0/s1. The van der Waals surface area contributed by atoms with Gasteiger partial charge in [0.15, 0.2) is 5.95 Å². The number of benzene rings is 2. The molecule has 4 aromatic rings. The van der Waals surface area contributed by atoms with Crippen LogP contribution in [-0.4, -0.2) is 60.0 Å². The van der Waals surface area contributed by atoms with E-state index in [1.54, 1.807) is 18.2 Å². The highest BCUT2D eigenvalue weighted by atomic mass is 32.2. The number of sulfonamides is 2. The molecule has 0 unspecified atom stereocenters. The summed E-state index contributed by atoms with van der Waals surface area (Å²) in [5, 5.41) is 19.0. The van der Waals surface area contributed by atoms with Crippen LogP contribution in [0.15, 0.2) is 40.1 Å². The van der Waals surface area contributed by atoms with Crippen LogP contribution in [0, 0.1) is 0 Å². The number of nitrogen functional groups attached to an aromatic ring is 1. The molecule has 4 rings (SSSR count). The lowest BCUT2D eigenvalue weighted by Gasteiger charge is -2.18. The minimum absolute atomic E-state index is 0.0116. The number of nitrogens with one attached hydrogen (secondary N) is 3. The Morgan fingerprint density at radius 3 is 2.52 bits per heavy atom. The lowest BCUT2D eigenvalue weighted by atomic mass is 9.98. The Hall–Kier alpha value is -3.44. The van der Waals surface area contributed by atoms with E-state index in [0.717, 1.165) is 6.07 Å². The fraction of sp³-hybridized carbons (Fsp3) is 0.176. The van der Waals surface area contributed by atoms with E-state index in [1.807, 2.05) is 0 Å². The van der Waals surface area contributed by atoms with E-state index in [-0.39, 0.29) is 29.4 Å². The first-order chi connectivity index (χ1) is 15.5. The molecule has 0 saturated heterocycles. The Kier molecular flexibility index (Phi) is 5.62. The van der Waals surface area contributed by atoms with Crippen molar-refractivity contribution in [2.24, 2.45) is 10.9 Å². The first kappa shape index (κ1) is 22.7. The van der Waals surface area contributed by atoms with Gasteiger partial charge in [-0.15, -0.1) is 10.2 Å². The van der Waals surface area contributed by atoms with Gasteiger partial charge in [0.1, 0.15) is 9.79 Å². The van der Waals surface area contributed by atoms with Crippen LogP contribution in [0.5, 0.6) is 0 Å². The number of H-pyrrole nitrogens is 2. The van der Waals surface area contributed by atoms with Crippen molar-refractivity contribution in [3.8, 4) is 22.5 Å². The van der Waals surface area contributed by atoms with Crippen molar-refractivity contribution < 1.29 is 16.8 Å². The topological polar surface area (TPSA) is 242 Å². The van der Waals surface area contributed by atoms with Gasteiger partial charge in [-0.05, 0) is 29.8 Å².